The Morgan fingerprint density at radius 2 is 1.67 bits per heavy atom. The highest BCUT2D eigenvalue weighted by Gasteiger charge is 2.02. The molecule has 1 rings (SSSR count). The molecule has 0 unspecified atom stereocenters. The van der Waals surface area contributed by atoms with E-state index in [0.29, 0.717) is 5.69 Å². The molecule has 0 bridgehead atoms. The van der Waals surface area contributed by atoms with Crippen molar-refractivity contribution in [3.63, 3.8) is 0 Å². The number of unbranched alkanes of at least 4 members (excludes halogenated alkanes) is 4. The van der Waals surface area contributed by atoms with Crippen LogP contribution in [0, 0.1) is 5.39 Å². The zero-order chi connectivity index (χ0) is 10.9. The Kier molecular flexibility index (Phi) is 5.47. The van der Waals surface area contributed by atoms with Gasteiger partial charge < -0.3 is 0 Å². The molecule has 0 aliphatic heterocycles. The summed E-state index contributed by atoms with van der Waals surface area (Å²) in [5.41, 5.74) is 1.96. The van der Waals surface area contributed by atoms with Crippen LogP contribution in [-0.4, -0.2) is 0 Å². The summed E-state index contributed by atoms with van der Waals surface area (Å²) in [5, 5.41) is 8.53. The minimum Gasteiger partial charge on any atom is -0.0654 e. The van der Waals surface area contributed by atoms with Crippen LogP contribution >= 0.6 is 0 Å². The summed E-state index contributed by atoms with van der Waals surface area (Å²) >= 11 is 0. The van der Waals surface area contributed by atoms with Crippen LogP contribution in [-0.2, 0) is 6.42 Å². The molecule has 0 radical (unpaired) electrons. The zero-order valence-corrected chi connectivity index (χ0v) is 9.45. The first-order chi connectivity index (χ1) is 7.36. The molecule has 0 aliphatic carbocycles. The van der Waals surface area contributed by atoms with Crippen LogP contribution in [0.5, 0.6) is 0 Å². The van der Waals surface area contributed by atoms with Crippen LogP contribution in [0.25, 0.3) is 4.98 Å². The second-order valence-corrected chi connectivity index (χ2v) is 3.93. The minimum atomic E-state index is 0.629. The maximum atomic E-state index is 8.53. The summed E-state index contributed by atoms with van der Waals surface area (Å²) in [6.45, 7) is 2.23. The molecule has 0 heterocycles. The van der Waals surface area contributed by atoms with Gasteiger partial charge in [-0.1, -0.05) is 44.7 Å². The van der Waals surface area contributed by atoms with Crippen molar-refractivity contribution in [1.82, 2.24) is 0 Å². The molecule has 0 aliphatic rings. The van der Waals surface area contributed by atoms with Gasteiger partial charge in [0.05, 0.1) is 0 Å². The number of diazo groups is 1. The lowest BCUT2D eigenvalue weighted by atomic mass is 10.1. The van der Waals surface area contributed by atoms with Crippen molar-refractivity contribution >= 4 is 5.69 Å². The van der Waals surface area contributed by atoms with Crippen LogP contribution in [0.2, 0.25) is 0 Å². The molecule has 0 amide bonds. The fourth-order valence-electron chi connectivity index (χ4n) is 1.66. The van der Waals surface area contributed by atoms with Crippen molar-refractivity contribution in [2.45, 2.75) is 45.4 Å². The Balaban J connectivity index is 2.23. The molecule has 0 N–H and O–H groups in total. The highest BCUT2D eigenvalue weighted by Crippen LogP contribution is 2.14. The number of nitrogens with zero attached hydrogens (tertiary/aromatic N) is 2. The first-order valence-corrected chi connectivity index (χ1v) is 5.81. The largest absolute Gasteiger partial charge is 0.385 e. The molecule has 1 aromatic rings. The van der Waals surface area contributed by atoms with Gasteiger partial charge >= 0.3 is 5.69 Å². The molecule has 0 aromatic heterocycles. The van der Waals surface area contributed by atoms with Crippen molar-refractivity contribution in [3.8, 4) is 0 Å². The molecule has 0 fully saturated rings. The summed E-state index contributed by atoms with van der Waals surface area (Å²) in [6, 6.07) is 7.77. The molecular weight excluding hydrogens is 184 g/mol. The third kappa shape index (κ3) is 4.60. The second-order valence-electron chi connectivity index (χ2n) is 3.93. The van der Waals surface area contributed by atoms with Crippen molar-refractivity contribution in [2.75, 3.05) is 0 Å². The average Bonchev–Trinajstić information content (AvgIpc) is 2.30. The SMILES string of the molecule is CCCCCCCc1ccc([N+]#N)cc1. The zero-order valence-electron chi connectivity index (χ0n) is 9.45. The van der Waals surface area contributed by atoms with Crippen molar-refractivity contribution in [2.24, 2.45) is 0 Å². The summed E-state index contributed by atoms with van der Waals surface area (Å²) in [4.78, 5) is 3.13. The van der Waals surface area contributed by atoms with Crippen LogP contribution in [0.3, 0.4) is 0 Å². The Bertz CT molecular complexity index is 308. The third-order valence-corrected chi connectivity index (χ3v) is 2.62. The highest BCUT2D eigenvalue weighted by atomic mass is 14.8. The van der Waals surface area contributed by atoms with E-state index in [-0.39, 0.29) is 0 Å². The molecule has 0 saturated carbocycles. The summed E-state index contributed by atoms with van der Waals surface area (Å²) in [6.07, 6.45) is 7.71. The molecule has 0 spiro atoms. The Morgan fingerprint density at radius 1 is 1.00 bits per heavy atom. The maximum absolute atomic E-state index is 8.53. The van der Waals surface area contributed by atoms with Crippen LogP contribution in [0.1, 0.15) is 44.6 Å². The van der Waals surface area contributed by atoms with Crippen molar-refractivity contribution in [1.29, 1.82) is 5.39 Å². The Labute approximate surface area is 91.9 Å². The third-order valence-electron chi connectivity index (χ3n) is 2.62. The summed E-state index contributed by atoms with van der Waals surface area (Å²) < 4.78 is 0. The second kappa shape index (κ2) is 7.00. The van der Waals surface area contributed by atoms with Gasteiger partial charge in [0.25, 0.3) is 0 Å². The molecule has 2 nitrogen and oxygen atoms in total. The predicted molar refractivity (Wildman–Crippen MR) is 63.6 cm³/mol. The molecule has 1 aromatic carbocycles. The van der Waals surface area contributed by atoms with Crippen LogP contribution in [0.4, 0.5) is 5.69 Å². The highest BCUT2D eigenvalue weighted by molar-refractivity contribution is 5.44. The molecular formula is C13H19N2+. The molecule has 0 atom stereocenters. The summed E-state index contributed by atoms with van der Waals surface area (Å²) in [7, 11) is 0. The quantitative estimate of drug-likeness (QED) is 0.487. The summed E-state index contributed by atoms with van der Waals surface area (Å²) in [5.74, 6) is 0. The lowest BCUT2D eigenvalue weighted by molar-refractivity contribution is 0.632. The van der Waals surface area contributed by atoms with Gasteiger partial charge in [0.1, 0.15) is 0 Å². The van der Waals surface area contributed by atoms with E-state index in [0.717, 1.165) is 6.42 Å². The standard InChI is InChI=1S/C13H19N2/c1-2-3-4-5-6-7-12-8-10-13(15-14)11-9-12/h8-11H,2-7H2,1H3/q+1. The van der Waals surface area contributed by atoms with Crippen molar-refractivity contribution < 1.29 is 0 Å². The fourth-order valence-corrected chi connectivity index (χ4v) is 1.66. The number of benzene rings is 1. The molecule has 15 heavy (non-hydrogen) atoms. The Morgan fingerprint density at radius 3 is 2.27 bits per heavy atom. The van der Waals surface area contributed by atoms with E-state index >= 15 is 0 Å². The van der Waals surface area contributed by atoms with E-state index in [4.69, 9.17) is 5.39 Å². The van der Waals surface area contributed by atoms with E-state index in [2.05, 4.69) is 11.9 Å². The van der Waals surface area contributed by atoms with Gasteiger partial charge in [-0.2, -0.15) is 0 Å². The van der Waals surface area contributed by atoms with Gasteiger partial charge in [0.2, 0.25) is 5.39 Å². The smallest absolute Gasteiger partial charge is 0.0654 e. The van der Waals surface area contributed by atoms with Gasteiger partial charge in [-0.25, -0.2) is 0 Å². The van der Waals surface area contributed by atoms with E-state index in [9.17, 15) is 0 Å². The normalized spacial score (nSPS) is 9.87. The lowest BCUT2D eigenvalue weighted by Gasteiger charge is -2.00. The first kappa shape index (κ1) is 11.7. The minimum absolute atomic E-state index is 0.629. The van der Waals surface area contributed by atoms with Gasteiger partial charge in [-0.05, 0) is 18.4 Å². The van der Waals surface area contributed by atoms with E-state index in [1.807, 2.05) is 24.3 Å². The number of hydrogen-bond acceptors (Lipinski definition) is 1. The number of aryl methyl sites for hydroxylation is 1. The predicted octanol–water partition coefficient (Wildman–Crippen LogP) is 4.68. The number of hydrogen-bond donors (Lipinski definition) is 0. The van der Waals surface area contributed by atoms with Gasteiger partial charge in [-0.3, -0.25) is 0 Å². The topological polar surface area (TPSA) is 28.1 Å². The first-order valence-electron chi connectivity index (χ1n) is 5.81. The molecule has 0 saturated heterocycles. The fraction of sp³-hybridized carbons (Fsp3) is 0.538. The number of rotatable bonds is 6. The molecule has 80 valence electrons. The van der Waals surface area contributed by atoms with Gasteiger partial charge in [0, 0.05) is 12.1 Å². The van der Waals surface area contributed by atoms with Crippen LogP contribution in [0.15, 0.2) is 24.3 Å². The monoisotopic (exact) mass is 203 g/mol. The van der Waals surface area contributed by atoms with E-state index in [1.54, 1.807) is 0 Å². The lowest BCUT2D eigenvalue weighted by Crippen LogP contribution is -1.85. The van der Waals surface area contributed by atoms with Gasteiger partial charge in [0.15, 0.2) is 4.98 Å². The Hall–Kier alpha value is -1.36. The van der Waals surface area contributed by atoms with E-state index in [1.165, 1.54) is 37.7 Å². The van der Waals surface area contributed by atoms with Crippen LogP contribution < -0.4 is 0 Å². The maximum Gasteiger partial charge on any atom is 0.385 e. The van der Waals surface area contributed by atoms with Crippen molar-refractivity contribution in [3.05, 3.63) is 34.8 Å². The van der Waals surface area contributed by atoms with Gasteiger partial charge in [-0.15, -0.1) is 0 Å². The van der Waals surface area contributed by atoms with E-state index < -0.39 is 0 Å². The molecule has 2 heteroatoms. The average molecular weight is 203 g/mol.